The lowest BCUT2D eigenvalue weighted by atomic mass is 10.3. The zero-order chi connectivity index (χ0) is 6.83. The van der Waals surface area contributed by atoms with E-state index in [4.69, 9.17) is 22.5 Å². The van der Waals surface area contributed by atoms with Gasteiger partial charge < -0.3 is 0 Å². The molecule has 0 rings (SSSR count). The summed E-state index contributed by atoms with van der Waals surface area (Å²) in [4.78, 5) is 0. The van der Waals surface area contributed by atoms with E-state index in [-0.39, 0.29) is 0 Å². The normalized spacial score (nSPS) is 6.88. The Balaban J connectivity index is 0. The van der Waals surface area contributed by atoms with Gasteiger partial charge in [-0.15, -0.1) is 6.58 Å². The van der Waals surface area contributed by atoms with Gasteiger partial charge in [0.05, 0.1) is 0 Å². The van der Waals surface area contributed by atoms with Crippen LogP contribution in [0.2, 0.25) is 0 Å². The zero-order valence-corrected chi connectivity index (χ0v) is 7.31. The Morgan fingerprint density at radius 3 is 2.00 bits per heavy atom. The van der Waals surface area contributed by atoms with Crippen LogP contribution >= 0.6 is 29.8 Å². The van der Waals surface area contributed by atoms with Gasteiger partial charge in [0.2, 0.25) is 0 Å². The van der Waals surface area contributed by atoms with Crippen LogP contribution in [-0.2, 0) is 0 Å². The summed E-state index contributed by atoms with van der Waals surface area (Å²) in [7, 11) is 0.361. The van der Waals surface area contributed by atoms with Crippen molar-refractivity contribution in [3.8, 4) is 0 Å². The average Bonchev–Trinajstić information content (AvgIpc) is 1.71. The van der Waals surface area contributed by atoms with Crippen LogP contribution in [0, 0.1) is 0 Å². The lowest BCUT2D eigenvalue weighted by Gasteiger charge is -1.72. The van der Waals surface area contributed by atoms with Crippen LogP contribution in [0.25, 0.3) is 0 Å². The summed E-state index contributed by atoms with van der Waals surface area (Å²) < 4.78 is 0. The Hall–Kier alpha value is 0.750. The molecule has 0 saturated heterocycles. The van der Waals surface area contributed by atoms with Crippen molar-refractivity contribution in [3.05, 3.63) is 12.7 Å². The summed E-state index contributed by atoms with van der Waals surface area (Å²) in [6.45, 7) is 5.69. The largest absolute Gasteiger partial charge is 0.141 e. The van der Waals surface area contributed by atoms with Crippen molar-refractivity contribution < 1.29 is 0 Å². The highest BCUT2D eigenvalue weighted by molar-refractivity contribution is 7.90. The predicted octanol–water partition coefficient (Wildman–Crippen LogP) is 4.21. The first-order chi connectivity index (χ1) is 3.83. The summed E-state index contributed by atoms with van der Waals surface area (Å²) in [5.41, 5.74) is 0. The molecule has 0 aromatic carbocycles. The van der Waals surface area contributed by atoms with Crippen LogP contribution < -0.4 is 0 Å². The molecule has 0 aromatic rings. The van der Waals surface area contributed by atoms with E-state index in [0.717, 1.165) is 6.42 Å². The molecule has 0 unspecified atom stereocenters. The zero-order valence-electron chi connectivity index (χ0n) is 4.90. The molecule has 1 radical (unpaired) electrons. The minimum Gasteiger partial charge on any atom is -0.103 e. The van der Waals surface area contributed by atoms with Gasteiger partial charge >= 0.3 is 0 Å². The fourth-order valence-corrected chi connectivity index (χ4v) is 0.204. The lowest BCUT2D eigenvalue weighted by Crippen LogP contribution is -1.52. The molecule has 3 heteroatoms. The van der Waals surface area contributed by atoms with E-state index in [9.17, 15) is 0 Å². The standard InChI is InChI=1S/C5H10.Cl2P/c1-3-5-4-2;1-3-2/h3H,1,4-5H2,2H3;. The molecule has 0 aromatic heterocycles. The number of halogens is 2. The molecule has 0 saturated carbocycles. The predicted molar refractivity (Wildman–Crippen MR) is 43.7 cm³/mol. The summed E-state index contributed by atoms with van der Waals surface area (Å²) in [6.07, 6.45) is 4.31. The first-order valence-corrected chi connectivity index (χ1v) is 5.07. The van der Waals surface area contributed by atoms with Crippen LogP contribution in [0.1, 0.15) is 19.8 Å². The number of hydrogen-bond acceptors (Lipinski definition) is 0. The van der Waals surface area contributed by atoms with E-state index in [2.05, 4.69) is 13.5 Å². The monoisotopic (exact) mass is 171 g/mol. The number of rotatable bonds is 2. The molecule has 0 atom stereocenters. The van der Waals surface area contributed by atoms with Crippen molar-refractivity contribution in [2.45, 2.75) is 19.8 Å². The Morgan fingerprint density at radius 2 is 2.00 bits per heavy atom. The van der Waals surface area contributed by atoms with Crippen LogP contribution in [0.4, 0.5) is 0 Å². The molecule has 8 heavy (non-hydrogen) atoms. The molecule has 0 N–H and O–H groups in total. The van der Waals surface area contributed by atoms with E-state index < -0.39 is 0 Å². The highest BCUT2D eigenvalue weighted by Crippen LogP contribution is 2.19. The van der Waals surface area contributed by atoms with Crippen LogP contribution in [0.5, 0.6) is 0 Å². The number of hydrogen-bond donors (Lipinski definition) is 0. The van der Waals surface area contributed by atoms with Crippen molar-refractivity contribution in [2.24, 2.45) is 0 Å². The Morgan fingerprint density at radius 1 is 1.62 bits per heavy atom. The van der Waals surface area contributed by atoms with Gasteiger partial charge in [-0.2, -0.15) is 0 Å². The fraction of sp³-hybridized carbons (Fsp3) is 0.600. The summed E-state index contributed by atoms with van der Waals surface area (Å²) in [5, 5.41) is 0. The summed E-state index contributed by atoms with van der Waals surface area (Å²) in [5.74, 6) is 0. The van der Waals surface area contributed by atoms with Crippen molar-refractivity contribution >= 4 is 29.8 Å². The van der Waals surface area contributed by atoms with E-state index in [1.807, 2.05) is 6.08 Å². The van der Waals surface area contributed by atoms with Gasteiger partial charge in [0.1, 0.15) is 7.29 Å². The molecule has 0 nitrogen and oxygen atoms in total. The first-order valence-electron chi connectivity index (χ1n) is 2.36. The Labute approximate surface area is 62.6 Å². The third-order valence-corrected chi connectivity index (χ3v) is 0.493. The van der Waals surface area contributed by atoms with Gasteiger partial charge in [0, 0.05) is 0 Å². The van der Waals surface area contributed by atoms with Gasteiger partial charge in [-0.05, 0) is 6.42 Å². The first kappa shape index (κ1) is 11.5. The average molecular weight is 172 g/mol. The smallest absolute Gasteiger partial charge is 0.103 e. The second-order valence-electron chi connectivity index (χ2n) is 1.14. The van der Waals surface area contributed by atoms with Crippen molar-refractivity contribution in [1.29, 1.82) is 0 Å². The fourth-order valence-electron chi connectivity index (χ4n) is 0.204. The second-order valence-corrected chi connectivity index (χ2v) is 2.80. The lowest BCUT2D eigenvalue weighted by molar-refractivity contribution is 0.961. The summed E-state index contributed by atoms with van der Waals surface area (Å²) in [6, 6.07) is 0. The second kappa shape index (κ2) is 15.7. The molecule has 0 aliphatic heterocycles. The Bertz CT molecular complexity index is 39.4. The van der Waals surface area contributed by atoms with Gasteiger partial charge in [0.25, 0.3) is 0 Å². The molecule has 0 aliphatic carbocycles. The molecule has 0 spiro atoms. The highest BCUT2D eigenvalue weighted by atomic mass is 35.9. The minimum absolute atomic E-state index is 0.361. The van der Waals surface area contributed by atoms with Crippen LogP contribution in [0.15, 0.2) is 12.7 Å². The van der Waals surface area contributed by atoms with Gasteiger partial charge in [-0.3, -0.25) is 0 Å². The quantitative estimate of drug-likeness (QED) is 0.432. The van der Waals surface area contributed by atoms with Crippen molar-refractivity contribution in [1.82, 2.24) is 0 Å². The Kier molecular flexibility index (Phi) is 22.6. The molecule has 49 valence electrons. The van der Waals surface area contributed by atoms with E-state index in [0.29, 0.717) is 7.29 Å². The van der Waals surface area contributed by atoms with Gasteiger partial charge in [-0.25, -0.2) is 0 Å². The van der Waals surface area contributed by atoms with Crippen molar-refractivity contribution in [3.63, 3.8) is 0 Å². The highest BCUT2D eigenvalue weighted by Gasteiger charge is 1.61. The molecular formula is C5H10Cl2P. The topological polar surface area (TPSA) is 0 Å². The summed E-state index contributed by atoms with van der Waals surface area (Å²) >= 11 is 9.47. The maximum absolute atomic E-state index is 4.74. The van der Waals surface area contributed by atoms with Crippen LogP contribution in [0.3, 0.4) is 0 Å². The third kappa shape index (κ3) is 29.5. The minimum atomic E-state index is 0.361. The van der Waals surface area contributed by atoms with Crippen LogP contribution in [-0.4, -0.2) is 0 Å². The molecule has 0 fully saturated rings. The van der Waals surface area contributed by atoms with Gasteiger partial charge in [-0.1, -0.05) is 41.9 Å². The number of allylic oxidation sites excluding steroid dienone is 1. The molecule has 0 bridgehead atoms. The molecule has 0 aliphatic rings. The van der Waals surface area contributed by atoms with E-state index in [1.54, 1.807) is 0 Å². The maximum atomic E-state index is 4.74. The molecular weight excluding hydrogens is 162 g/mol. The SMILES string of the molecule is C=CCCC.Cl[P]Cl. The molecule has 0 amide bonds. The van der Waals surface area contributed by atoms with E-state index >= 15 is 0 Å². The maximum Gasteiger partial charge on any atom is 0.141 e. The van der Waals surface area contributed by atoms with Crippen molar-refractivity contribution in [2.75, 3.05) is 0 Å². The third-order valence-electron chi connectivity index (χ3n) is 0.493. The van der Waals surface area contributed by atoms with Gasteiger partial charge in [0.15, 0.2) is 0 Å². The molecule has 0 heterocycles. The number of unbranched alkanes of at least 4 members (excludes halogenated alkanes) is 1. The van der Waals surface area contributed by atoms with E-state index in [1.165, 1.54) is 6.42 Å².